The van der Waals surface area contributed by atoms with Crippen LogP contribution in [0.15, 0.2) is 6.07 Å². The Bertz CT molecular complexity index is 525. The molecule has 0 aliphatic rings. The van der Waals surface area contributed by atoms with Gasteiger partial charge in [0.1, 0.15) is 11.5 Å². The van der Waals surface area contributed by atoms with Crippen LogP contribution in [0.2, 0.25) is 16.6 Å². The lowest BCUT2D eigenvalue weighted by Crippen LogP contribution is -2.50. The predicted molar refractivity (Wildman–Crippen MR) is 108 cm³/mol. The molecule has 0 saturated carbocycles. The monoisotopic (exact) mass is 350 g/mol. The van der Waals surface area contributed by atoms with Crippen LogP contribution < -0.4 is 4.43 Å². The van der Waals surface area contributed by atoms with E-state index >= 15 is 0 Å². The minimum Gasteiger partial charge on any atom is -0.542 e. The van der Waals surface area contributed by atoms with Gasteiger partial charge in [-0.1, -0.05) is 54.9 Å². The molecular formula is C21H38O2Si. The van der Waals surface area contributed by atoms with Crippen molar-refractivity contribution in [3.8, 4) is 11.5 Å². The van der Waals surface area contributed by atoms with Crippen LogP contribution in [0.5, 0.6) is 11.5 Å². The molecule has 0 radical (unpaired) electrons. The summed E-state index contributed by atoms with van der Waals surface area (Å²) in [6.45, 7) is 20.1. The van der Waals surface area contributed by atoms with E-state index in [1.54, 1.807) is 0 Å². The van der Waals surface area contributed by atoms with Crippen molar-refractivity contribution >= 4 is 8.32 Å². The normalized spacial score (nSPS) is 12.5. The Kier molecular flexibility index (Phi) is 7.39. The van der Waals surface area contributed by atoms with Gasteiger partial charge < -0.3 is 9.53 Å². The molecule has 1 rings (SSSR count). The van der Waals surface area contributed by atoms with Crippen LogP contribution in [-0.2, 0) is 6.42 Å². The third-order valence-electron chi connectivity index (χ3n) is 5.65. The first kappa shape index (κ1) is 21.1. The minimum atomic E-state index is -2.01. The summed E-state index contributed by atoms with van der Waals surface area (Å²) in [5.74, 6) is 1.38. The molecule has 0 aliphatic heterocycles. The Labute approximate surface area is 150 Å². The van der Waals surface area contributed by atoms with Gasteiger partial charge in [0, 0.05) is 5.56 Å². The van der Waals surface area contributed by atoms with Crippen molar-refractivity contribution in [3.63, 3.8) is 0 Å². The van der Waals surface area contributed by atoms with E-state index in [9.17, 15) is 5.11 Å². The summed E-state index contributed by atoms with van der Waals surface area (Å²) >= 11 is 0. The predicted octanol–water partition coefficient (Wildman–Crippen LogP) is 6.91. The van der Waals surface area contributed by atoms with Gasteiger partial charge in [0.15, 0.2) is 0 Å². The standard InChI is InChI=1S/C21H38O2Si/c1-10-11-12-19-20(13-17(8)18(9)21(19)22)23-24(14(2)3,15(4)5)16(6)7/h13-16,22H,10-12H2,1-9H3. The number of aromatic hydroxyl groups is 1. The molecule has 0 aromatic heterocycles. The summed E-state index contributed by atoms with van der Waals surface area (Å²) in [6, 6.07) is 2.16. The van der Waals surface area contributed by atoms with E-state index in [4.69, 9.17) is 4.43 Å². The number of rotatable bonds is 8. The zero-order valence-corrected chi connectivity index (χ0v) is 18.3. The number of phenolic OH excluding ortho intramolecular Hbond substituents is 1. The molecule has 0 atom stereocenters. The van der Waals surface area contributed by atoms with Crippen molar-refractivity contribution in [2.75, 3.05) is 0 Å². The van der Waals surface area contributed by atoms with Crippen molar-refractivity contribution in [2.24, 2.45) is 0 Å². The smallest absolute Gasteiger partial charge is 0.258 e. The fraction of sp³-hybridized carbons (Fsp3) is 0.714. The third-order valence-corrected chi connectivity index (χ3v) is 11.6. The van der Waals surface area contributed by atoms with Crippen molar-refractivity contribution in [3.05, 3.63) is 22.8 Å². The molecular weight excluding hydrogens is 312 g/mol. The highest BCUT2D eigenvalue weighted by molar-refractivity contribution is 6.78. The Hall–Kier alpha value is -0.963. The van der Waals surface area contributed by atoms with Crippen LogP contribution in [-0.4, -0.2) is 13.4 Å². The van der Waals surface area contributed by atoms with Crippen LogP contribution in [0.25, 0.3) is 0 Å². The molecule has 0 unspecified atom stereocenters. The van der Waals surface area contributed by atoms with Gasteiger partial charge in [-0.3, -0.25) is 0 Å². The summed E-state index contributed by atoms with van der Waals surface area (Å²) in [5, 5.41) is 10.7. The Morgan fingerprint density at radius 3 is 1.92 bits per heavy atom. The van der Waals surface area contributed by atoms with Crippen LogP contribution >= 0.6 is 0 Å². The second-order valence-electron chi connectivity index (χ2n) is 8.17. The Balaban J connectivity index is 3.48. The highest BCUT2D eigenvalue weighted by Crippen LogP contribution is 2.45. The zero-order chi connectivity index (χ0) is 18.7. The summed E-state index contributed by atoms with van der Waals surface area (Å²) in [6.07, 6.45) is 3.08. The van der Waals surface area contributed by atoms with Crippen molar-refractivity contribution in [1.82, 2.24) is 0 Å². The highest BCUT2D eigenvalue weighted by atomic mass is 28.4. The molecule has 0 bridgehead atoms. The van der Waals surface area contributed by atoms with Gasteiger partial charge in [0.25, 0.3) is 8.32 Å². The molecule has 0 amide bonds. The molecule has 1 aromatic carbocycles. The largest absolute Gasteiger partial charge is 0.542 e. The van der Waals surface area contributed by atoms with E-state index in [1.807, 2.05) is 6.92 Å². The van der Waals surface area contributed by atoms with Gasteiger partial charge >= 0.3 is 0 Å². The number of hydrogen-bond acceptors (Lipinski definition) is 2. The van der Waals surface area contributed by atoms with Gasteiger partial charge in [-0.25, -0.2) is 0 Å². The van der Waals surface area contributed by atoms with Gasteiger partial charge in [-0.2, -0.15) is 0 Å². The maximum atomic E-state index is 10.7. The highest BCUT2D eigenvalue weighted by Gasteiger charge is 2.47. The number of hydrogen-bond donors (Lipinski definition) is 1. The number of unbranched alkanes of at least 4 members (excludes halogenated alkanes) is 1. The lowest BCUT2D eigenvalue weighted by molar-refractivity contribution is 0.440. The fourth-order valence-electron chi connectivity index (χ4n) is 4.15. The van der Waals surface area contributed by atoms with Gasteiger partial charge in [0.05, 0.1) is 0 Å². The van der Waals surface area contributed by atoms with Crippen LogP contribution in [0.4, 0.5) is 0 Å². The van der Waals surface area contributed by atoms with Gasteiger partial charge in [-0.15, -0.1) is 0 Å². The second kappa shape index (κ2) is 8.42. The molecule has 0 heterocycles. The first-order valence-corrected chi connectivity index (χ1v) is 11.7. The molecule has 1 aromatic rings. The van der Waals surface area contributed by atoms with E-state index < -0.39 is 8.32 Å². The van der Waals surface area contributed by atoms with E-state index in [0.717, 1.165) is 41.7 Å². The SMILES string of the molecule is CCCCc1c(O[Si](C(C)C)(C(C)C)C(C)C)cc(C)c(C)c1O. The first-order valence-electron chi connectivity index (χ1n) is 9.60. The molecule has 138 valence electrons. The first-order chi connectivity index (χ1) is 11.1. The molecule has 0 aliphatic carbocycles. The van der Waals surface area contributed by atoms with Crippen LogP contribution in [0.3, 0.4) is 0 Å². The molecule has 3 heteroatoms. The molecule has 24 heavy (non-hydrogen) atoms. The maximum Gasteiger partial charge on any atom is 0.258 e. The van der Waals surface area contributed by atoms with E-state index in [0.29, 0.717) is 22.4 Å². The van der Waals surface area contributed by atoms with Crippen molar-refractivity contribution < 1.29 is 9.53 Å². The van der Waals surface area contributed by atoms with Crippen molar-refractivity contribution in [2.45, 2.75) is 98.2 Å². The zero-order valence-electron chi connectivity index (χ0n) is 17.3. The second-order valence-corrected chi connectivity index (χ2v) is 13.5. The molecule has 0 saturated heterocycles. The summed E-state index contributed by atoms with van der Waals surface area (Å²) in [7, 11) is -2.01. The number of phenols is 1. The van der Waals surface area contributed by atoms with Crippen LogP contribution in [0, 0.1) is 13.8 Å². The molecule has 0 spiro atoms. The topological polar surface area (TPSA) is 29.5 Å². The van der Waals surface area contributed by atoms with E-state index in [1.165, 1.54) is 0 Å². The Morgan fingerprint density at radius 2 is 1.50 bits per heavy atom. The quantitative estimate of drug-likeness (QED) is 0.516. The van der Waals surface area contributed by atoms with E-state index in [2.05, 4.69) is 61.5 Å². The molecule has 1 N–H and O–H groups in total. The minimum absolute atomic E-state index is 0.442. The van der Waals surface area contributed by atoms with Gasteiger partial charge in [0.2, 0.25) is 0 Å². The van der Waals surface area contributed by atoms with Crippen LogP contribution in [0.1, 0.15) is 78.0 Å². The van der Waals surface area contributed by atoms with E-state index in [-0.39, 0.29) is 0 Å². The number of aryl methyl sites for hydroxylation is 1. The lowest BCUT2D eigenvalue weighted by Gasteiger charge is -2.43. The molecule has 2 nitrogen and oxygen atoms in total. The lowest BCUT2D eigenvalue weighted by atomic mass is 9.99. The summed E-state index contributed by atoms with van der Waals surface area (Å²) in [5.41, 5.74) is 4.70. The average molecular weight is 351 g/mol. The average Bonchev–Trinajstić information content (AvgIpc) is 2.48. The van der Waals surface area contributed by atoms with Crippen molar-refractivity contribution in [1.29, 1.82) is 0 Å². The molecule has 0 fully saturated rings. The Morgan fingerprint density at radius 1 is 1.00 bits per heavy atom. The maximum absolute atomic E-state index is 10.7. The third kappa shape index (κ3) is 3.99. The number of benzene rings is 1. The summed E-state index contributed by atoms with van der Waals surface area (Å²) in [4.78, 5) is 0. The van der Waals surface area contributed by atoms with Gasteiger partial charge in [-0.05, 0) is 60.5 Å². The fourth-order valence-corrected chi connectivity index (χ4v) is 9.42. The summed E-state index contributed by atoms with van der Waals surface area (Å²) < 4.78 is 6.91.